The molecule has 1 fully saturated rings. The number of likely N-dealkylation sites (tertiary alicyclic amines) is 1. The lowest BCUT2D eigenvalue weighted by molar-refractivity contribution is -0.140. The minimum absolute atomic E-state index is 0.00854. The van der Waals surface area contributed by atoms with Crippen molar-refractivity contribution in [2.45, 2.75) is 19.2 Å². The minimum Gasteiger partial charge on any atom is -0.507 e. The molecule has 1 N–H and O–H groups in total. The van der Waals surface area contributed by atoms with E-state index in [-0.39, 0.29) is 17.9 Å². The Morgan fingerprint density at radius 3 is 2.50 bits per heavy atom. The topological polar surface area (TPSA) is 98.2 Å². The van der Waals surface area contributed by atoms with E-state index in [4.69, 9.17) is 14.2 Å². The molecule has 2 aliphatic rings. The van der Waals surface area contributed by atoms with E-state index in [9.17, 15) is 14.7 Å². The van der Waals surface area contributed by atoms with Crippen LogP contribution in [0.1, 0.15) is 28.3 Å². The van der Waals surface area contributed by atoms with Gasteiger partial charge in [-0.3, -0.25) is 14.6 Å². The summed E-state index contributed by atoms with van der Waals surface area (Å²) in [7, 11) is 0. The summed E-state index contributed by atoms with van der Waals surface area (Å²) in [5.41, 5.74) is 2.74. The number of aliphatic hydroxyl groups excluding tert-OH is 1. The molecule has 4 aromatic rings. The van der Waals surface area contributed by atoms with Gasteiger partial charge in [-0.2, -0.15) is 0 Å². The van der Waals surface area contributed by atoms with Crippen LogP contribution in [0.25, 0.3) is 5.76 Å². The summed E-state index contributed by atoms with van der Waals surface area (Å²) in [6, 6.07) is 24.7. The van der Waals surface area contributed by atoms with Crippen LogP contribution in [-0.4, -0.2) is 39.9 Å². The first-order chi connectivity index (χ1) is 19.6. The molecule has 0 bridgehead atoms. The summed E-state index contributed by atoms with van der Waals surface area (Å²) in [5, 5.41) is 11.5. The van der Waals surface area contributed by atoms with Gasteiger partial charge < -0.3 is 24.2 Å². The molecule has 200 valence electrons. The quantitative estimate of drug-likeness (QED) is 0.201. The Bertz CT molecular complexity index is 1590. The summed E-state index contributed by atoms with van der Waals surface area (Å²) < 4.78 is 17.3. The number of hydrogen-bond acceptors (Lipinski definition) is 7. The Balaban J connectivity index is 1.41. The van der Waals surface area contributed by atoms with Crippen molar-refractivity contribution in [3.05, 3.63) is 125 Å². The molecule has 1 unspecified atom stereocenters. The highest BCUT2D eigenvalue weighted by molar-refractivity contribution is 6.46. The maximum absolute atomic E-state index is 13.5. The van der Waals surface area contributed by atoms with Gasteiger partial charge in [0.1, 0.15) is 31.3 Å². The minimum atomic E-state index is -0.853. The van der Waals surface area contributed by atoms with E-state index in [1.807, 2.05) is 54.6 Å². The smallest absolute Gasteiger partial charge is 0.295 e. The van der Waals surface area contributed by atoms with Gasteiger partial charge in [-0.25, -0.2) is 0 Å². The number of aliphatic hydroxyl groups is 1. The number of carbonyl (C=O) groups is 2. The van der Waals surface area contributed by atoms with Crippen LogP contribution in [0, 0.1) is 0 Å². The summed E-state index contributed by atoms with van der Waals surface area (Å²) >= 11 is 0. The highest BCUT2D eigenvalue weighted by Crippen LogP contribution is 2.42. The monoisotopic (exact) mass is 534 g/mol. The number of fused-ring (bicyclic) bond motifs is 1. The molecular formula is C32H26N2O6. The number of nitrogens with zero attached hydrogens (tertiary/aromatic N) is 2. The SMILES string of the molecule is O=C1C(=O)N(Cc2cccnc2)C(c2cccc(OCc3ccccc3)c2)/C1=C(/O)c1ccc2c(c1)OCCO2. The van der Waals surface area contributed by atoms with Crippen molar-refractivity contribution < 1.29 is 28.9 Å². The molecule has 0 radical (unpaired) electrons. The van der Waals surface area contributed by atoms with Gasteiger partial charge in [-0.1, -0.05) is 48.5 Å². The highest BCUT2D eigenvalue weighted by Gasteiger charge is 2.46. The number of Topliss-reactive ketones (excluding diaryl/α,β-unsaturated/α-hetero) is 1. The molecule has 8 nitrogen and oxygen atoms in total. The second-order valence-corrected chi connectivity index (χ2v) is 9.49. The van der Waals surface area contributed by atoms with Gasteiger partial charge in [0, 0.05) is 24.5 Å². The van der Waals surface area contributed by atoms with Crippen molar-refractivity contribution in [2.24, 2.45) is 0 Å². The highest BCUT2D eigenvalue weighted by atomic mass is 16.6. The van der Waals surface area contributed by atoms with Crippen LogP contribution < -0.4 is 14.2 Å². The molecule has 3 heterocycles. The fourth-order valence-corrected chi connectivity index (χ4v) is 4.94. The van der Waals surface area contributed by atoms with Crippen LogP contribution in [0.2, 0.25) is 0 Å². The second-order valence-electron chi connectivity index (χ2n) is 9.49. The van der Waals surface area contributed by atoms with Crippen LogP contribution >= 0.6 is 0 Å². The third kappa shape index (κ3) is 4.99. The molecule has 8 heteroatoms. The van der Waals surface area contributed by atoms with Gasteiger partial charge in [0.25, 0.3) is 11.7 Å². The Kier molecular flexibility index (Phi) is 6.89. The average molecular weight is 535 g/mol. The molecule has 2 aliphatic heterocycles. The third-order valence-electron chi connectivity index (χ3n) is 6.85. The van der Waals surface area contributed by atoms with Crippen molar-refractivity contribution in [1.29, 1.82) is 0 Å². The molecule has 6 rings (SSSR count). The van der Waals surface area contributed by atoms with E-state index in [1.54, 1.807) is 42.7 Å². The second kappa shape index (κ2) is 10.9. The van der Waals surface area contributed by atoms with Crippen molar-refractivity contribution in [3.63, 3.8) is 0 Å². The van der Waals surface area contributed by atoms with E-state index >= 15 is 0 Å². The normalized spacial score (nSPS) is 17.6. The first kappa shape index (κ1) is 25.2. The molecule has 3 aromatic carbocycles. The standard InChI is InChI=1S/C32H26N2O6/c35-30(24-11-12-26-27(17-24)39-15-14-38-26)28-29(34(32(37)31(28)36)19-22-8-5-13-33-18-22)23-9-4-10-25(16-23)40-20-21-6-2-1-3-7-21/h1-13,16-18,29,35H,14-15,19-20H2/b30-28-. The molecule has 0 spiro atoms. The van der Waals surface area contributed by atoms with Crippen LogP contribution in [0.15, 0.2) is 103 Å². The Hall–Kier alpha value is -5.11. The van der Waals surface area contributed by atoms with Gasteiger partial charge in [0.15, 0.2) is 11.5 Å². The van der Waals surface area contributed by atoms with Crippen molar-refractivity contribution >= 4 is 17.4 Å². The van der Waals surface area contributed by atoms with E-state index in [1.165, 1.54) is 4.90 Å². The van der Waals surface area contributed by atoms with Crippen molar-refractivity contribution in [3.8, 4) is 17.2 Å². The zero-order chi connectivity index (χ0) is 27.5. The van der Waals surface area contributed by atoms with Crippen LogP contribution in [0.3, 0.4) is 0 Å². The molecule has 1 amide bonds. The van der Waals surface area contributed by atoms with Crippen molar-refractivity contribution in [1.82, 2.24) is 9.88 Å². The van der Waals surface area contributed by atoms with E-state index in [2.05, 4.69) is 4.98 Å². The van der Waals surface area contributed by atoms with E-state index in [0.29, 0.717) is 48.2 Å². The molecular weight excluding hydrogens is 508 g/mol. The molecule has 0 saturated carbocycles. The predicted molar refractivity (Wildman–Crippen MR) is 147 cm³/mol. The lowest BCUT2D eigenvalue weighted by atomic mass is 9.95. The molecule has 1 saturated heterocycles. The van der Waals surface area contributed by atoms with E-state index < -0.39 is 17.7 Å². The van der Waals surface area contributed by atoms with Crippen molar-refractivity contribution in [2.75, 3.05) is 13.2 Å². The summed E-state index contributed by atoms with van der Waals surface area (Å²) in [5.74, 6) is -0.162. The number of ketones is 1. The number of rotatable bonds is 7. The number of hydrogen-bond donors (Lipinski definition) is 1. The summed E-state index contributed by atoms with van der Waals surface area (Å²) in [6.07, 6.45) is 3.29. The number of pyridine rings is 1. The van der Waals surface area contributed by atoms with Crippen LogP contribution in [0.4, 0.5) is 0 Å². The first-order valence-corrected chi connectivity index (χ1v) is 12.9. The molecule has 1 aromatic heterocycles. The molecule has 40 heavy (non-hydrogen) atoms. The maximum Gasteiger partial charge on any atom is 0.295 e. The number of amides is 1. The van der Waals surface area contributed by atoms with Gasteiger partial charge in [0.2, 0.25) is 0 Å². The maximum atomic E-state index is 13.5. The fraction of sp³-hybridized carbons (Fsp3) is 0.156. The lowest BCUT2D eigenvalue weighted by Gasteiger charge is -2.26. The van der Waals surface area contributed by atoms with Gasteiger partial charge in [-0.15, -0.1) is 0 Å². The Labute approximate surface area is 231 Å². The predicted octanol–water partition coefficient (Wildman–Crippen LogP) is 5.05. The third-order valence-corrected chi connectivity index (χ3v) is 6.85. The van der Waals surface area contributed by atoms with Crippen LogP contribution in [0.5, 0.6) is 17.2 Å². The summed E-state index contributed by atoms with van der Waals surface area (Å²) in [4.78, 5) is 32.5. The summed E-state index contributed by atoms with van der Waals surface area (Å²) in [6.45, 7) is 1.30. The number of ether oxygens (including phenoxy) is 3. The Morgan fingerprint density at radius 2 is 1.70 bits per heavy atom. The molecule has 1 atom stereocenters. The zero-order valence-electron chi connectivity index (χ0n) is 21.5. The van der Waals surface area contributed by atoms with Gasteiger partial charge in [-0.05, 0) is 53.1 Å². The van der Waals surface area contributed by atoms with E-state index in [0.717, 1.165) is 11.1 Å². The van der Waals surface area contributed by atoms with Gasteiger partial charge >= 0.3 is 0 Å². The fourth-order valence-electron chi connectivity index (χ4n) is 4.94. The largest absolute Gasteiger partial charge is 0.507 e. The van der Waals surface area contributed by atoms with Crippen LogP contribution in [-0.2, 0) is 22.7 Å². The average Bonchev–Trinajstić information content (AvgIpc) is 3.25. The zero-order valence-corrected chi connectivity index (χ0v) is 21.5. The lowest BCUT2D eigenvalue weighted by Crippen LogP contribution is -2.29. The molecule has 0 aliphatic carbocycles. The van der Waals surface area contributed by atoms with Gasteiger partial charge in [0.05, 0.1) is 11.6 Å². The number of aromatic nitrogens is 1. The number of benzene rings is 3. The first-order valence-electron chi connectivity index (χ1n) is 12.9. The number of carbonyl (C=O) groups excluding carboxylic acids is 2. The Morgan fingerprint density at radius 1 is 0.900 bits per heavy atom.